The zero-order chi connectivity index (χ0) is 9.64. The number of carbonyl (C=O) groups is 1. The van der Waals surface area contributed by atoms with E-state index in [1.807, 2.05) is 13.8 Å². The Hall–Kier alpha value is -1.16. The van der Waals surface area contributed by atoms with Crippen molar-refractivity contribution in [3.8, 4) is 0 Å². The highest BCUT2D eigenvalue weighted by molar-refractivity contribution is 6.01. The van der Waals surface area contributed by atoms with Crippen LogP contribution in [0.1, 0.15) is 30.0 Å². The Morgan fingerprint density at radius 1 is 1.69 bits per heavy atom. The summed E-state index contributed by atoms with van der Waals surface area (Å²) in [5.41, 5.74) is -0.0318. The standard InChI is InChI=1S/C9H11NO3/c1-9(2)3-6-5(4-10-13-6)7(11)8(9)12/h4,8,12H,3H2,1-2H3. The van der Waals surface area contributed by atoms with Gasteiger partial charge in [0.25, 0.3) is 0 Å². The van der Waals surface area contributed by atoms with Crippen molar-refractivity contribution in [3.05, 3.63) is 17.5 Å². The molecule has 1 unspecified atom stereocenters. The minimum Gasteiger partial charge on any atom is -0.384 e. The molecule has 4 heteroatoms. The van der Waals surface area contributed by atoms with Gasteiger partial charge in [0, 0.05) is 11.8 Å². The van der Waals surface area contributed by atoms with Crippen molar-refractivity contribution in [3.63, 3.8) is 0 Å². The topological polar surface area (TPSA) is 63.3 Å². The molecule has 0 saturated heterocycles. The molecule has 1 aliphatic carbocycles. The van der Waals surface area contributed by atoms with E-state index >= 15 is 0 Å². The van der Waals surface area contributed by atoms with Gasteiger partial charge in [0.15, 0.2) is 5.78 Å². The summed E-state index contributed by atoms with van der Waals surface area (Å²) in [7, 11) is 0. The van der Waals surface area contributed by atoms with Gasteiger partial charge in [-0.05, 0) is 0 Å². The van der Waals surface area contributed by atoms with Gasteiger partial charge in [-0.3, -0.25) is 4.79 Å². The molecule has 0 radical (unpaired) electrons. The Morgan fingerprint density at radius 3 is 3.08 bits per heavy atom. The summed E-state index contributed by atoms with van der Waals surface area (Å²) in [6, 6.07) is 0. The van der Waals surface area contributed by atoms with Crippen LogP contribution in [0.5, 0.6) is 0 Å². The first kappa shape index (κ1) is 8.44. The first-order valence-corrected chi connectivity index (χ1v) is 4.18. The molecule has 1 aromatic heterocycles. The minimum absolute atomic E-state index is 0.285. The summed E-state index contributed by atoms with van der Waals surface area (Å²) in [4.78, 5) is 11.5. The van der Waals surface area contributed by atoms with Crippen molar-refractivity contribution in [2.75, 3.05) is 0 Å². The molecular weight excluding hydrogens is 170 g/mol. The maximum Gasteiger partial charge on any atom is 0.197 e. The monoisotopic (exact) mass is 181 g/mol. The molecule has 13 heavy (non-hydrogen) atoms. The van der Waals surface area contributed by atoms with Crippen LogP contribution in [-0.4, -0.2) is 22.2 Å². The molecule has 1 heterocycles. The highest BCUT2D eigenvalue weighted by Gasteiger charge is 2.42. The molecule has 1 atom stereocenters. The van der Waals surface area contributed by atoms with Crippen LogP contribution in [0, 0.1) is 5.41 Å². The lowest BCUT2D eigenvalue weighted by Gasteiger charge is -2.31. The highest BCUT2D eigenvalue weighted by atomic mass is 16.5. The molecule has 0 aliphatic heterocycles. The van der Waals surface area contributed by atoms with Gasteiger partial charge in [-0.1, -0.05) is 19.0 Å². The number of ketones is 1. The molecule has 1 aromatic rings. The summed E-state index contributed by atoms with van der Waals surface area (Å²) >= 11 is 0. The maximum atomic E-state index is 11.5. The highest BCUT2D eigenvalue weighted by Crippen LogP contribution is 2.34. The van der Waals surface area contributed by atoms with Crippen LogP contribution in [0.25, 0.3) is 0 Å². The van der Waals surface area contributed by atoms with Crippen LogP contribution < -0.4 is 0 Å². The number of carbonyl (C=O) groups excluding carboxylic acids is 1. The molecular formula is C9H11NO3. The SMILES string of the molecule is CC1(C)Cc2oncc2C(=O)C1O. The summed E-state index contributed by atoms with van der Waals surface area (Å²) < 4.78 is 4.93. The third kappa shape index (κ3) is 1.09. The van der Waals surface area contributed by atoms with Crippen molar-refractivity contribution in [2.45, 2.75) is 26.4 Å². The van der Waals surface area contributed by atoms with Gasteiger partial charge >= 0.3 is 0 Å². The minimum atomic E-state index is -0.945. The lowest BCUT2D eigenvalue weighted by molar-refractivity contribution is 0.0307. The van der Waals surface area contributed by atoms with Crippen molar-refractivity contribution < 1.29 is 14.4 Å². The second-order valence-corrected chi connectivity index (χ2v) is 4.09. The van der Waals surface area contributed by atoms with Crippen LogP contribution in [0.15, 0.2) is 10.7 Å². The predicted molar refractivity (Wildman–Crippen MR) is 44.3 cm³/mol. The van der Waals surface area contributed by atoms with E-state index in [-0.39, 0.29) is 5.78 Å². The first-order chi connectivity index (χ1) is 6.02. The van der Waals surface area contributed by atoms with E-state index in [0.29, 0.717) is 17.7 Å². The van der Waals surface area contributed by atoms with E-state index in [1.54, 1.807) is 0 Å². The van der Waals surface area contributed by atoms with Gasteiger partial charge in [0.05, 0.1) is 11.8 Å². The molecule has 0 bridgehead atoms. The third-order valence-corrected chi connectivity index (χ3v) is 2.52. The Bertz CT molecular complexity index is 353. The molecule has 4 nitrogen and oxygen atoms in total. The van der Waals surface area contributed by atoms with E-state index in [0.717, 1.165) is 0 Å². The predicted octanol–water partition coefficient (Wildman–Crippen LogP) is 0.800. The number of nitrogens with zero attached hydrogens (tertiary/aromatic N) is 1. The van der Waals surface area contributed by atoms with Crippen LogP contribution in [0.3, 0.4) is 0 Å². The molecule has 0 spiro atoms. The fourth-order valence-electron chi connectivity index (χ4n) is 1.61. The maximum absolute atomic E-state index is 11.5. The molecule has 0 aromatic carbocycles. The van der Waals surface area contributed by atoms with E-state index in [9.17, 15) is 9.90 Å². The first-order valence-electron chi connectivity index (χ1n) is 4.18. The average molecular weight is 181 g/mol. The average Bonchev–Trinajstić information content (AvgIpc) is 2.47. The molecule has 1 aliphatic rings. The Balaban J connectivity index is 2.51. The number of aliphatic hydroxyl groups excluding tert-OH is 1. The van der Waals surface area contributed by atoms with E-state index < -0.39 is 11.5 Å². The Labute approximate surface area is 75.5 Å². The van der Waals surface area contributed by atoms with Gasteiger partial charge < -0.3 is 9.63 Å². The fraction of sp³-hybridized carbons (Fsp3) is 0.556. The van der Waals surface area contributed by atoms with Crippen molar-refractivity contribution in [1.29, 1.82) is 0 Å². The van der Waals surface area contributed by atoms with E-state index in [4.69, 9.17) is 4.52 Å². The smallest absolute Gasteiger partial charge is 0.197 e. The van der Waals surface area contributed by atoms with Gasteiger partial charge in [-0.2, -0.15) is 0 Å². The number of rotatable bonds is 0. The number of hydrogen-bond acceptors (Lipinski definition) is 4. The Morgan fingerprint density at radius 2 is 2.38 bits per heavy atom. The van der Waals surface area contributed by atoms with Crippen LogP contribution >= 0.6 is 0 Å². The lowest BCUT2D eigenvalue weighted by Crippen LogP contribution is -2.42. The lowest BCUT2D eigenvalue weighted by atomic mass is 9.74. The van der Waals surface area contributed by atoms with Crippen molar-refractivity contribution in [1.82, 2.24) is 5.16 Å². The zero-order valence-corrected chi connectivity index (χ0v) is 7.57. The second kappa shape index (κ2) is 2.42. The van der Waals surface area contributed by atoms with E-state index in [1.165, 1.54) is 6.20 Å². The summed E-state index contributed by atoms with van der Waals surface area (Å²) in [5.74, 6) is 0.299. The van der Waals surface area contributed by atoms with Crippen molar-refractivity contribution in [2.24, 2.45) is 5.41 Å². The molecule has 0 saturated carbocycles. The molecule has 2 rings (SSSR count). The molecule has 0 amide bonds. The molecule has 0 fully saturated rings. The number of aromatic nitrogens is 1. The largest absolute Gasteiger partial charge is 0.384 e. The van der Waals surface area contributed by atoms with Crippen LogP contribution in [0.4, 0.5) is 0 Å². The number of aliphatic hydroxyl groups is 1. The quantitative estimate of drug-likeness (QED) is 0.643. The number of fused-ring (bicyclic) bond motifs is 1. The molecule has 70 valence electrons. The zero-order valence-electron chi connectivity index (χ0n) is 7.57. The number of Topliss-reactive ketones (excluding diaryl/α,β-unsaturated/α-hetero) is 1. The van der Waals surface area contributed by atoms with Gasteiger partial charge in [0.1, 0.15) is 11.9 Å². The normalized spacial score (nSPS) is 25.8. The fourth-order valence-corrected chi connectivity index (χ4v) is 1.61. The van der Waals surface area contributed by atoms with Crippen LogP contribution in [-0.2, 0) is 6.42 Å². The van der Waals surface area contributed by atoms with Crippen LogP contribution in [0.2, 0.25) is 0 Å². The second-order valence-electron chi connectivity index (χ2n) is 4.09. The van der Waals surface area contributed by atoms with Gasteiger partial charge in [-0.15, -0.1) is 0 Å². The summed E-state index contributed by atoms with van der Waals surface area (Å²) in [6.45, 7) is 3.67. The van der Waals surface area contributed by atoms with Crippen molar-refractivity contribution >= 4 is 5.78 Å². The van der Waals surface area contributed by atoms with Gasteiger partial charge in [0.2, 0.25) is 0 Å². The summed E-state index contributed by atoms with van der Waals surface area (Å²) in [6.07, 6.45) is 0.977. The summed E-state index contributed by atoms with van der Waals surface area (Å²) in [5, 5.41) is 13.2. The molecule has 1 N–H and O–H groups in total. The number of hydrogen-bond donors (Lipinski definition) is 1. The van der Waals surface area contributed by atoms with E-state index in [2.05, 4.69) is 5.16 Å². The Kier molecular flexibility index (Phi) is 1.57. The third-order valence-electron chi connectivity index (χ3n) is 2.52. The van der Waals surface area contributed by atoms with Gasteiger partial charge in [-0.25, -0.2) is 0 Å².